The van der Waals surface area contributed by atoms with Gasteiger partial charge in [-0.15, -0.1) is 0 Å². The Morgan fingerprint density at radius 3 is 2.83 bits per heavy atom. The SMILES string of the molecule is COCCOc1cc2[nH]nc(-c3cc(-c4ccc(C(=O)N5CCCOC5)c(F)c4)no3)c2cc1F. The van der Waals surface area contributed by atoms with E-state index in [-0.39, 0.29) is 30.4 Å². The van der Waals surface area contributed by atoms with Gasteiger partial charge in [0, 0.05) is 36.7 Å². The van der Waals surface area contributed by atoms with Crippen molar-refractivity contribution in [2.75, 3.05) is 40.2 Å². The van der Waals surface area contributed by atoms with Gasteiger partial charge in [0.2, 0.25) is 0 Å². The molecule has 11 heteroatoms. The molecule has 5 rings (SSSR count). The quantitative estimate of drug-likeness (QED) is 0.396. The van der Waals surface area contributed by atoms with Crippen LogP contribution in [0.4, 0.5) is 8.78 Å². The van der Waals surface area contributed by atoms with Crippen molar-refractivity contribution in [2.24, 2.45) is 0 Å². The number of nitrogens with one attached hydrogen (secondary N) is 1. The molecule has 0 unspecified atom stereocenters. The lowest BCUT2D eigenvalue weighted by Crippen LogP contribution is -2.38. The highest BCUT2D eigenvalue weighted by Crippen LogP contribution is 2.33. The summed E-state index contributed by atoms with van der Waals surface area (Å²) in [6, 6.07) is 8.61. The van der Waals surface area contributed by atoms with Crippen molar-refractivity contribution in [3.05, 3.63) is 53.6 Å². The van der Waals surface area contributed by atoms with Gasteiger partial charge in [-0.05, 0) is 24.6 Å². The van der Waals surface area contributed by atoms with Gasteiger partial charge in [-0.25, -0.2) is 8.78 Å². The number of rotatable bonds is 7. The van der Waals surface area contributed by atoms with Crippen LogP contribution in [0.2, 0.25) is 0 Å². The van der Waals surface area contributed by atoms with E-state index in [0.29, 0.717) is 54.0 Å². The number of methoxy groups -OCH3 is 1. The van der Waals surface area contributed by atoms with E-state index in [0.717, 1.165) is 0 Å². The van der Waals surface area contributed by atoms with Crippen LogP contribution in [-0.2, 0) is 9.47 Å². The van der Waals surface area contributed by atoms with E-state index in [9.17, 15) is 13.6 Å². The van der Waals surface area contributed by atoms with Crippen LogP contribution in [0.15, 0.2) is 40.9 Å². The summed E-state index contributed by atoms with van der Waals surface area (Å²) in [7, 11) is 1.53. The summed E-state index contributed by atoms with van der Waals surface area (Å²) in [5.41, 5.74) is 1.61. The van der Waals surface area contributed by atoms with Gasteiger partial charge in [0.1, 0.15) is 30.5 Å². The lowest BCUT2D eigenvalue weighted by molar-refractivity contribution is -0.00594. The number of H-pyrrole nitrogens is 1. The van der Waals surface area contributed by atoms with Crippen LogP contribution in [-0.4, -0.2) is 66.4 Å². The first-order valence-electron chi connectivity index (χ1n) is 11.0. The van der Waals surface area contributed by atoms with E-state index in [1.54, 1.807) is 12.1 Å². The van der Waals surface area contributed by atoms with Gasteiger partial charge in [-0.3, -0.25) is 9.89 Å². The summed E-state index contributed by atoms with van der Waals surface area (Å²) in [6.07, 6.45) is 0.709. The van der Waals surface area contributed by atoms with Crippen LogP contribution >= 0.6 is 0 Å². The maximum atomic E-state index is 14.8. The summed E-state index contributed by atoms with van der Waals surface area (Å²) < 4.78 is 50.3. The number of carbonyl (C=O) groups is 1. The minimum absolute atomic E-state index is 0.0414. The number of ether oxygens (including phenoxy) is 3. The molecule has 4 aromatic rings. The molecule has 182 valence electrons. The molecule has 0 aliphatic carbocycles. The number of fused-ring (bicyclic) bond motifs is 1. The van der Waals surface area contributed by atoms with Crippen LogP contribution < -0.4 is 4.74 Å². The Morgan fingerprint density at radius 2 is 2.06 bits per heavy atom. The lowest BCUT2D eigenvalue weighted by atomic mass is 10.1. The van der Waals surface area contributed by atoms with E-state index in [4.69, 9.17) is 18.7 Å². The van der Waals surface area contributed by atoms with Gasteiger partial charge in [0.05, 0.1) is 24.3 Å². The van der Waals surface area contributed by atoms with Crippen molar-refractivity contribution in [1.82, 2.24) is 20.3 Å². The van der Waals surface area contributed by atoms with Crippen molar-refractivity contribution in [2.45, 2.75) is 6.42 Å². The number of aromatic amines is 1. The lowest BCUT2D eigenvalue weighted by Gasteiger charge is -2.26. The van der Waals surface area contributed by atoms with Gasteiger partial charge < -0.3 is 23.6 Å². The van der Waals surface area contributed by atoms with E-state index in [1.165, 1.54) is 36.3 Å². The molecule has 0 spiro atoms. The Hall–Kier alpha value is -3.83. The largest absolute Gasteiger partial charge is 0.488 e. The summed E-state index contributed by atoms with van der Waals surface area (Å²) >= 11 is 0. The monoisotopic (exact) mass is 484 g/mol. The molecule has 1 aliphatic rings. The molecule has 35 heavy (non-hydrogen) atoms. The Bertz CT molecular complexity index is 1360. The van der Waals surface area contributed by atoms with E-state index in [2.05, 4.69) is 15.4 Å². The van der Waals surface area contributed by atoms with E-state index >= 15 is 0 Å². The highest BCUT2D eigenvalue weighted by Gasteiger charge is 2.23. The second-order valence-electron chi connectivity index (χ2n) is 7.97. The van der Waals surface area contributed by atoms with Crippen LogP contribution in [0.5, 0.6) is 5.75 Å². The highest BCUT2D eigenvalue weighted by atomic mass is 19.1. The predicted octanol–water partition coefficient (Wildman–Crippen LogP) is 4.01. The second kappa shape index (κ2) is 9.80. The molecule has 1 fully saturated rings. The average molecular weight is 484 g/mol. The van der Waals surface area contributed by atoms with Crippen LogP contribution in [0.1, 0.15) is 16.8 Å². The number of carbonyl (C=O) groups excluding carboxylic acids is 1. The molecule has 3 heterocycles. The molecule has 2 aromatic carbocycles. The summed E-state index contributed by atoms with van der Waals surface area (Å²) in [6.45, 7) is 1.78. The third kappa shape index (κ3) is 4.60. The summed E-state index contributed by atoms with van der Waals surface area (Å²) in [5.74, 6) is -1.31. The Kier molecular flexibility index (Phi) is 6.43. The van der Waals surface area contributed by atoms with Crippen molar-refractivity contribution in [1.29, 1.82) is 0 Å². The maximum absolute atomic E-state index is 14.8. The predicted molar refractivity (Wildman–Crippen MR) is 121 cm³/mol. The Labute approximate surface area is 198 Å². The molecule has 0 radical (unpaired) electrons. The molecule has 0 saturated carbocycles. The molecule has 1 aliphatic heterocycles. The minimum atomic E-state index is -0.670. The molecule has 0 bridgehead atoms. The standard InChI is InChI=1S/C24H22F2N4O5/c1-32-7-8-34-21-12-20-16(10-18(21)26)23(28-27-20)22-11-19(29-35-22)14-3-4-15(17(25)9-14)24(31)30-5-2-6-33-13-30/h3-4,9-12H,2,5-8,13H2,1H3,(H,27,28). The third-order valence-electron chi connectivity index (χ3n) is 5.65. The van der Waals surface area contributed by atoms with E-state index < -0.39 is 17.5 Å². The fourth-order valence-corrected chi connectivity index (χ4v) is 3.85. The molecule has 1 amide bonds. The first kappa shape index (κ1) is 22.9. The summed E-state index contributed by atoms with van der Waals surface area (Å²) in [4.78, 5) is 14.1. The van der Waals surface area contributed by atoms with Crippen molar-refractivity contribution in [3.63, 3.8) is 0 Å². The molecule has 9 nitrogen and oxygen atoms in total. The number of aromatic nitrogens is 3. The smallest absolute Gasteiger partial charge is 0.258 e. The van der Waals surface area contributed by atoms with Crippen LogP contribution in [0.3, 0.4) is 0 Å². The zero-order valence-corrected chi connectivity index (χ0v) is 18.8. The van der Waals surface area contributed by atoms with Gasteiger partial charge in [-0.1, -0.05) is 11.2 Å². The average Bonchev–Trinajstić information content (AvgIpc) is 3.51. The van der Waals surface area contributed by atoms with Gasteiger partial charge in [-0.2, -0.15) is 5.10 Å². The minimum Gasteiger partial charge on any atom is -0.488 e. The second-order valence-corrected chi connectivity index (χ2v) is 7.97. The van der Waals surface area contributed by atoms with Gasteiger partial charge in [0.25, 0.3) is 5.91 Å². The number of amides is 1. The normalized spacial score (nSPS) is 14.0. The first-order valence-corrected chi connectivity index (χ1v) is 11.0. The number of benzene rings is 2. The van der Waals surface area contributed by atoms with Crippen LogP contribution in [0, 0.1) is 11.6 Å². The zero-order valence-electron chi connectivity index (χ0n) is 18.8. The van der Waals surface area contributed by atoms with Crippen LogP contribution in [0.25, 0.3) is 33.6 Å². The Morgan fingerprint density at radius 1 is 1.17 bits per heavy atom. The topological polar surface area (TPSA) is 103 Å². The number of nitrogens with zero attached hydrogens (tertiary/aromatic N) is 3. The fourth-order valence-electron chi connectivity index (χ4n) is 3.85. The summed E-state index contributed by atoms with van der Waals surface area (Å²) in [5, 5.41) is 11.5. The van der Waals surface area contributed by atoms with Gasteiger partial charge >= 0.3 is 0 Å². The molecular weight excluding hydrogens is 462 g/mol. The van der Waals surface area contributed by atoms with Crippen molar-refractivity contribution < 1.29 is 32.3 Å². The van der Waals surface area contributed by atoms with Crippen molar-refractivity contribution >= 4 is 16.8 Å². The first-order chi connectivity index (χ1) is 17.0. The molecule has 1 saturated heterocycles. The fraction of sp³-hybridized carbons (Fsp3) is 0.292. The maximum Gasteiger partial charge on any atom is 0.258 e. The molecule has 1 N–H and O–H groups in total. The van der Waals surface area contributed by atoms with Crippen molar-refractivity contribution in [3.8, 4) is 28.5 Å². The molecule has 2 aromatic heterocycles. The number of hydrogen-bond donors (Lipinski definition) is 1. The Balaban J connectivity index is 1.38. The zero-order chi connectivity index (χ0) is 24.4. The van der Waals surface area contributed by atoms with Gasteiger partial charge in [0.15, 0.2) is 17.3 Å². The highest BCUT2D eigenvalue weighted by molar-refractivity contribution is 5.95. The number of hydrogen-bond acceptors (Lipinski definition) is 7. The molecular formula is C24H22F2N4O5. The van der Waals surface area contributed by atoms with E-state index in [1.807, 2.05) is 0 Å². The molecule has 0 atom stereocenters. The number of halogens is 2. The third-order valence-corrected chi connectivity index (χ3v) is 5.65.